The van der Waals surface area contributed by atoms with E-state index in [1.165, 1.54) is 6.92 Å². The summed E-state index contributed by atoms with van der Waals surface area (Å²) in [5.41, 5.74) is -0.276. The van der Waals surface area contributed by atoms with Crippen molar-refractivity contribution in [2.24, 2.45) is 0 Å². The second kappa shape index (κ2) is 4.01. The molecule has 17 heavy (non-hydrogen) atoms. The quantitative estimate of drug-likeness (QED) is 0.879. The molecule has 3 nitrogen and oxygen atoms in total. The summed E-state index contributed by atoms with van der Waals surface area (Å²) in [4.78, 5) is 10.8. The molecule has 0 unspecified atom stereocenters. The van der Waals surface area contributed by atoms with Gasteiger partial charge in [0.1, 0.15) is 11.3 Å². The van der Waals surface area contributed by atoms with E-state index < -0.39 is 11.7 Å². The van der Waals surface area contributed by atoms with Gasteiger partial charge in [0.25, 0.3) is 0 Å². The fraction of sp³-hybridized carbons (Fsp3) is 0.455. The summed E-state index contributed by atoms with van der Waals surface area (Å²) in [6.07, 6.45) is -2.96. The molecule has 0 fully saturated rings. The zero-order valence-electron chi connectivity index (χ0n) is 9.52. The Morgan fingerprint density at radius 3 is 2.59 bits per heavy atom. The maximum Gasteiger partial charge on any atom is 0.418 e. The normalized spacial score (nSPS) is 12.3. The summed E-state index contributed by atoms with van der Waals surface area (Å²) in [5, 5.41) is 0. The number of alkyl halides is 3. The lowest BCUT2D eigenvalue weighted by molar-refractivity contribution is -0.136. The van der Waals surface area contributed by atoms with Crippen molar-refractivity contribution in [1.82, 2.24) is 15.0 Å². The van der Waals surface area contributed by atoms with Crippen LogP contribution in [0.25, 0.3) is 11.2 Å². The van der Waals surface area contributed by atoms with Crippen LogP contribution in [0.2, 0.25) is 0 Å². The molecule has 1 N–H and O–H groups in total. The van der Waals surface area contributed by atoms with E-state index in [2.05, 4.69) is 15.0 Å². The van der Waals surface area contributed by atoms with E-state index in [9.17, 15) is 13.2 Å². The monoisotopic (exact) mass is 243 g/mol. The van der Waals surface area contributed by atoms with E-state index >= 15 is 0 Å². The van der Waals surface area contributed by atoms with Crippen LogP contribution in [-0.4, -0.2) is 15.0 Å². The summed E-state index contributed by atoms with van der Waals surface area (Å²) in [7, 11) is 0. The average molecular weight is 243 g/mol. The second-order valence-corrected chi connectivity index (χ2v) is 3.94. The van der Waals surface area contributed by atoms with Crippen molar-refractivity contribution in [3.63, 3.8) is 0 Å². The standard InChI is InChI=1S/C11H12F3N3/c1-3-4-8-16-9-7(11(12,13)14)5-6(2)15-10(9)17-8/h5H,3-4H2,1-2H3,(H,15,16,17). The minimum absolute atomic E-state index is 0.0912. The largest absolute Gasteiger partial charge is 0.418 e. The molecule has 0 aromatic carbocycles. The highest BCUT2D eigenvalue weighted by Crippen LogP contribution is 2.33. The van der Waals surface area contributed by atoms with E-state index in [4.69, 9.17) is 0 Å². The predicted octanol–water partition coefficient (Wildman–Crippen LogP) is 3.24. The third kappa shape index (κ3) is 2.25. The van der Waals surface area contributed by atoms with Crippen molar-refractivity contribution in [2.75, 3.05) is 0 Å². The molecule has 2 aromatic rings. The van der Waals surface area contributed by atoms with Gasteiger partial charge >= 0.3 is 6.18 Å². The molecule has 0 radical (unpaired) electrons. The molecular weight excluding hydrogens is 231 g/mol. The summed E-state index contributed by atoms with van der Waals surface area (Å²) in [5.74, 6) is 0.547. The van der Waals surface area contributed by atoms with Crippen molar-refractivity contribution in [1.29, 1.82) is 0 Å². The molecule has 2 rings (SSSR count). The van der Waals surface area contributed by atoms with Crippen molar-refractivity contribution in [2.45, 2.75) is 32.9 Å². The molecule has 6 heteroatoms. The number of aromatic amines is 1. The third-order valence-corrected chi connectivity index (χ3v) is 2.42. The highest BCUT2D eigenvalue weighted by Gasteiger charge is 2.34. The maximum absolute atomic E-state index is 12.8. The molecule has 0 atom stereocenters. The highest BCUT2D eigenvalue weighted by molar-refractivity contribution is 5.75. The molecule has 2 aromatic heterocycles. The number of aryl methyl sites for hydroxylation is 2. The molecule has 0 aliphatic rings. The minimum atomic E-state index is -4.40. The Kier molecular flexibility index (Phi) is 2.81. The number of hydrogen-bond acceptors (Lipinski definition) is 2. The second-order valence-electron chi connectivity index (χ2n) is 3.94. The average Bonchev–Trinajstić information content (AvgIpc) is 2.57. The van der Waals surface area contributed by atoms with Crippen LogP contribution in [0.3, 0.4) is 0 Å². The summed E-state index contributed by atoms with van der Waals surface area (Å²) in [6, 6.07) is 1.03. The number of fused-ring (bicyclic) bond motifs is 1. The minimum Gasteiger partial charge on any atom is -0.327 e. The van der Waals surface area contributed by atoms with E-state index in [-0.39, 0.29) is 11.2 Å². The van der Waals surface area contributed by atoms with Crippen LogP contribution in [0.4, 0.5) is 13.2 Å². The number of rotatable bonds is 2. The van der Waals surface area contributed by atoms with Crippen molar-refractivity contribution in [3.8, 4) is 0 Å². The lowest BCUT2D eigenvalue weighted by Gasteiger charge is -2.07. The first-order valence-corrected chi connectivity index (χ1v) is 5.35. The first-order valence-electron chi connectivity index (χ1n) is 5.35. The van der Waals surface area contributed by atoms with Gasteiger partial charge in [0.05, 0.1) is 5.56 Å². The van der Waals surface area contributed by atoms with Crippen molar-refractivity contribution >= 4 is 11.2 Å². The van der Waals surface area contributed by atoms with Gasteiger partial charge in [0.2, 0.25) is 0 Å². The van der Waals surface area contributed by atoms with Gasteiger partial charge in [-0.1, -0.05) is 6.92 Å². The molecule has 0 saturated heterocycles. The van der Waals surface area contributed by atoms with E-state index in [1.54, 1.807) is 0 Å². The van der Waals surface area contributed by atoms with Gasteiger partial charge in [0, 0.05) is 12.1 Å². The maximum atomic E-state index is 12.8. The molecule has 0 spiro atoms. The fourth-order valence-corrected chi connectivity index (χ4v) is 1.74. The number of hydrogen-bond donors (Lipinski definition) is 1. The Morgan fingerprint density at radius 2 is 2.00 bits per heavy atom. The first kappa shape index (κ1) is 11.9. The Morgan fingerprint density at radius 1 is 1.29 bits per heavy atom. The zero-order chi connectivity index (χ0) is 12.6. The van der Waals surface area contributed by atoms with Crippen LogP contribution in [0, 0.1) is 6.92 Å². The van der Waals surface area contributed by atoms with Gasteiger partial charge in [-0.15, -0.1) is 0 Å². The Bertz CT molecular complexity index is 543. The van der Waals surface area contributed by atoms with Gasteiger partial charge in [-0.05, 0) is 19.4 Å². The van der Waals surface area contributed by atoms with Crippen molar-refractivity contribution < 1.29 is 13.2 Å². The number of aromatic nitrogens is 3. The lowest BCUT2D eigenvalue weighted by Crippen LogP contribution is -2.07. The van der Waals surface area contributed by atoms with Gasteiger partial charge in [-0.2, -0.15) is 13.2 Å². The van der Waals surface area contributed by atoms with Gasteiger partial charge in [-0.3, -0.25) is 0 Å². The van der Waals surface area contributed by atoms with Crippen LogP contribution < -0.4 is 0 Å². The summed E-state index contributed by atoms with van der Waals surface area (Å²) < 4.78 is 38.4. The Balaban J connectivity index is 2.66. The lowest BCUT2D eigenvalue weighted by atomic mass is 10.2. The molecular formula is C11H12F3N3. The van der Waals surface area contributed by atoms with Crippen LogP contribution in [0.15, 0.2) is 6.07 Å². The highest BCUT2D eigenvalue weighted by atomic mass is 19.4. The zero-order valence-corrected chi connectivity index (χ0v) is 9.52. The van der Waals surface area contributed by atoms with Crippen LogP contribution in [0.1, 0.15) is 30.4 Å². The number of halogens is 3. The number of H-pyrrole nitrogens is 1. The van der Waals surface area contributed by atoms with Gasteiger partial charge < -0.3 is 4.98 Å². The van der Waals surface area contributed by atoms with E-state index in [0.29, 0.717) is 17.9 Å². The summed E-state index contributed by atoms with van der Waals surface area (Å²) in [6.45, 7) is 3.48. The van der Waals surface area contributed by atoms with Gasteiger partial charge in [-0.25, -0.2) is 9.97 Å². The molecule has 92 valence electrons. The molecule has 0 bridgehead atoms. The predicted molar refractivity (Wildman–Crippen MR) is 57.6 cm³/mol. The van der Waals surface area contributed by atoms with E-state index in [0.717, 1.165) is 12.5 Å². The summed E-state index contributed by atoms with van der Waals surface area (Å²) >= 11 is 0. The molecule has 0 aliphatic heterocycles. The number of imidazole rings is 1. The molecule has 0 saturated carbocycles. The number of nitrogens with zero attached hydrogens (tertiary/aromatic N) is 2. The van der Waals surface area contributed by atoms with E-state index in [1.807, 2.05) is 6.92 Å². The fourth-order valence-electron chi connectivity index (χ4n) is 1.74. The molecule has 2 heterocycles. The van der Waals surface area contributed by atoms with Crippen LogP contribution in [-0.2, 0) is 12.6 Å². The molecule has 0 amide bonds. The third-order valence-electron chi connectivity index (χ3n) is 2.42. The SMILES string of the molecule is CCCc1nc2c(C(F)(F)F)cc(C)nc2[nH]1. The Hall–Kier alpha value is -1.59. The van der Waals surface area contributed by atoms with Crippen molar-refractivity contribution in [3.05, 3.63) is 23.1 Å². The number of pyridine rings is 1. The van der Waals surface area contributed by atoms with Crippen LogP contribution in [0.5, 0.6) is 0 Å². The van der Waals surface area contributed by atoms with Crippen LogP contribution >= 0.6 is 0 Å². The smallest absolute Gasteiger partial charge is 0.327 e. The topological polar surface area (TPSA) is 41.6 Å². The first-order chi connectivity index (χ1) is 7.91. The van der Waals surface area contributed by atoms with Gasteiger partial charge in [0.15, 0.2) is 5.65 Å². The Labute approximate surface area is 96.1 Å². The number of nitrogens with one attached hydrogen (secondary N) is 1. The molecule has 0 aliphatic carbocycles.